The van der Waals surface area contributed by atoms with Crippen LogP contribution in [0.2, 0.25) is 0 Å². The maximum Gasteiger partial charge on any atom is 0.141 e. The van der Waals surface area contributed by atoms with Crippen LogP contribution in [0.4, 0.5) is 0 Å². The summed E-state index contributed by atoms with van der Waals surface area (Å²) < 4.78 is 0. The molecule has 1 aliphatic carbocycles. The second-order valence-corrected chi connectivity index (χ2v) is 4.41. The number of hydrogen-bond donors (Lipinski definition) is 2. The molecule has 1 aromatic rings. The van der Waals surface area contributed by atoms with E-state index < -0.39 is 0 Å². The maximum absolute atomic E-state index is 9.79. The average molecular weight is 221 g/mol. The van der Waals surface area contributed by atoms with Crippen LogP contribution in [0, 0.1) is 5.92 Å². The van der Waals surface area contributed by atoms with Gasteiger partial charge in [-0.2, -0.15) is 0 Å². The topological polar surface area (TPSA) is 58.0 Å². The Balaban J connectivity index is 1.71. The fourth-order valence-corrected chi connectivity index (χ4v) is 2.22. The minimum Gasteiger partial charge on any atom is -0.393 e. The predicted molar refractivity (Wildman–Crippen MR) is 61.7 cm³/mol. The summed E-state index contributed by atoms with van der Waals surface area (Å²) in [7, 11) is 0. The highest BCUT2D eigenvalue weighted by Gasteiger charge is 2.22. The van der Waals surface area contributed by atoms with Gasteiger partial charge >= 0.3 is 0 Å². The summed E-state index contributed by atoms with van der Waals surface area (Å²) in [6, 6.07) is 1.81. The molecule has 88 valence electrons. The molecule has 1 aromatic heterocycles. The molecule has 0 radical (unpaired) electrons. The highest BCUT2D eigenvalue weighted by molar-refractivity contribution is 4.88. The monoisotopic (exact) mass is 221 g/mol. The zero-order valence-electron chi connectivity index (χ0n) is 9.47. The second kappa shape index (κ2) is 5.92. The molecule has 1 heterocycles. The van der Waals surface area contributed by atoms with Crippen molar-refractivity contribution in [2.45, 2.75) is 38.3 Å². The van der Waals surface area contributed by atoms with E-state index in [0.29, 0.717) is 12.5 Å². The number of hydrogen-bond acceptors (Lipinski definition) is 4. The van der Waals surface area contributed by atoms with Gasteiger partial charge in [0.25, 0.3) is 0 Å². The molecule has 1 aliphatic rings. The molecule has 4 heteroatoms. The van der Waals surface area contributed by atoms with Crippen LogP contribution in [0.1, 0.15) is 31.5 Å². The van der Waals surface area contributed by atoms with Gasteiger partial charge in [0.1, 0.15) is 5.82 Å². The normalized spacial score (nSPS) is 25.6. The number of nitrogens with zero attached hydrogens (tertiary/aromatic N) is 2. The van der Waals surface area contributed by atoms with Crippen molar-refractivity contribution < 1.29 is 5.11 Å². The lowest BCUT2D eigenvalue weighted by Gasteiger charge is -2.27. The lowest BCUT2D eigenvalue weighted by atomic mass is 9.86. The molecule has 0 saturated heterocycles. The fraction of sp³-hybridized carbons (Fsp3) is 0.667. The number of aliphatic hydroxyl groups is 1. The van der Waals surface area contributed by atoms with Gasteiger partial charge in [0, 0.05) is 18.9 Å². The molecule has 4 nitrogen and oxygen atoms in total. The largest absolute Gasteiger partial charge is 0.393 e. The van der Waals surface area contributed by atoms with E-state index in [2.05, 4.69) is 15.3 Å². The smallest absolute Gasteiger partial charge is 0.141 e. The van der Waals surface area contributed by atoms with Gasteiger partial charge in [0.15, 0.2) is 0 Å². The fourth-order valence-electron chi connectivity index (χ4n) is 2.22. The van der Waals surface area contributed by atoms with Gasteiger partial charge in [-0.25, -0.2) is 9.97 Å². The van der Waals surface area contributed by atoms with E-state index in [1.165, 1.54) is 12.8 Å². The van der Waals surface area contributed by atoms with Crippen LogP contribution in [-0.4, -0.2) is 27.7 Å². The molecule has 0 bridgehead atoms. The Morgan fingerprint density at radius 3 is 2.75 bits per heavy atom. The zero-order chi connectivity index (χ0) is 11.2. The van der Waals surface area contributed by atoms with Crippen molar-refractivity contribution in [3.05, 3.63) is 24.3 Å². The van der Waals surface area contributed by atoms with E-state index in [1.807, 2.05) is 6.07 Å². The van der Waals surface area contributed by atoms with Gasteiger partial charge in [-0.1, -0.05) is 12.8 Å². The molecular weight excluding hydrogens is 202 g/mol. The van der Waals surface area contributed by atoms with Crippen LogP contribution >= 0.6 is 0 Å². The summed E-state index contributed by atoms with van der Waals surface area (Å²) >= 11 is 0. The highest BCUT2D eigenvalue weighted by Crippen LogP contribution is 2.23. The van der Waals surface area contributed by atoms with E-state index in [4.69, 9.17) is 0 Å². The third kappa shape index (κ3) is 3.25. The molecular formula is C12H19N3O. The molecule has 1 fully saturated rings. The molecule has 2 unspecified atom stereocenters. The number of aromatic nitrogens is 2. The molecule has 1 saturated carbocycles. The summed E-state index contributed by atoms with van der Waals surface area (Å²) in [4.78, 5) is 8.29. The van der Waals surface area contributed by atoms with Gasteiger partial charge in [-0.05, 0) is 24.8 Å². The first-order valence-electron chi connectivity index (χ1n) is 6.01. The van der Waals surface area contributed by atoms with Crippen molar-refractivity contribution >= 4 is 0 Å². The van der Waals surface area contributed by atoms with Gasteiger partial charge in [0.2, 0.25) is 0 Å². The molecule has 0 aliphatic heterocycles. The first kappa shape index (κ1) is 11.5. The van der Waals surface area contributed by atoms with Gasteiger partial charge in [-0.3, -0.25) is 0 Å². The van der Waals surface area contributed by atoms with Crippen molar-refractivity contribution in [2.24, 2.45) is 5.92 Å². The van der Waals surface area contributed by atoms with Crippen LogP contribution in [-0.2, 0) is 6.54 Å². The van der Waals surface area contributed by atoms with Crippen molar-refractivity contribution in [3.8, 4) is 0 Å². The van der Waals surface area contributed by atoms with Crippen molar-refractivity contribution in [1.82, 2.24) is 15.3 Å². The standard InChI is InChI=1S/C12H19N3O/c16-11-5-2-1-4-10(11)8-13-9-12-14-6-3-7-15-12/h3,6-7,10-11,13,16H,1-2,4-5,8-9H2. The Morgan fingerprint density at radius 2 is 2.00 bits per heavy atom. The summed E-state index contributed by atoms with van der Waals surface area (Å²) in [5.41, 5.74) is 0. The lowest BCUT2D eigenvalue weighted by Crippen LogP contribution is -2.33. The Morgan fingerprint density at radius 1 is 1.25 bits per heavy atom. The highest BCUT2D eigenvalue weighted by atomic mass is 16.3. The third-order valence-electron chi connectivity index (χ3n) is 3.18. The lowest BCUT2D eigenvalue weighted by molar-refractivity contribution is 0.0694. The quantitative estimate of drug-likeness (QED) is 0.800. The first-order chi connectivity index (χ1) is 7.86. The minimum absolute atomic E-state index is 0.127. The predicted octanol–water partition coefficient (Wildman–Crippen LogP) is 1.12. The second-order valence-electron chi connectivity index (χ2n) is 4.41. The molecule has 0 aromatic carbocycles. The zero-order valence-corrected chi connectivity index (χ0v) is 9.47. The Labute approximate surface area is 96.1 Å². The van der Waals surface area contributed by atoms with Crippen LogP contribution in [0.25, 0.3) is 0 Å². The van der Waals surface area contributed by atoms with E-state index in [-0.39, 0.29) is 6.10 Å². The Kier molecular flexibility index (Phi) is 4.25. The van der Waals surface area contributed by atoms with Crippen LogP contribution < -0.4 is 5.32 Å². The van der Waals surface area contributed by atoms with E-state index >= 15 is 0 Å². The summed E-state index contributed by atoms with van der Waals surface area (Å²) in [6.07, 6.45) is 7.86. The molecule has 0 amide bonds. The average Bonchev–Trinajstić information content (AvgIpc) is 2.33. The molecule has 2 rings (SSSR count). The first-order valence-corrected chi connectivity index (χ1v) is 6.01. The SMILES string of the molecule is OC1CCCCC1CNCc1ncccn1. The maximum atomic E-state index is 9.79. The van der Waals surface area contributed by atoms with Gasteiger partial charge in [0.05, 0.1) is 12.6 Å². The van der Waals surface area contributed by atoms with Crippen molar-refractivity contribution in [2.75, 3.05) is 6.54 Å². The van der Waals surface area contributed by atoms with Gasteiger partial charge in [-0.15, -0.1) is 0 Å². The number of rotatable bonds is 4. The van der Waals surface area contributed by atoms with Crippen LogP contribution in [0.3, 0.4) is 0 Å². The van der Waals surface area contributed by atoms with Crippen molar-refractivity contribution in [1.29, 1.82) is 0 Å². The van der Waals surface area contributed by atoms with Crippen LogP contribution in [0.15, 0.2) is 18.5 Å². The summed E-state index contributed by atoms with van der Waals surface area (Å²) in [6.45, 7) is 1.55. The van der Waals surface area contributed by atoms with Gasteiger partial charge < -0.3 is 10.4 Å². The van der Waals surface area contributed by atoms with E-state index in [0.717, 1.165) is 25.2 Å². The summed E-state index contributed by atoms with van der Waals surface area (Å²) in [5.74, 6) is 1.21. The number of aliphatic hydroxyl groups excluding tert-OH is 1. The molecule has 16 heavy (non-hydrogen) atoms. The summed E-state index contributed by atoms with van der Waals surface area (Å²) in [5, 5.41) is 13.1. The Hall–Kier alpha value is -1.00. The van der Waals surface area contributed by atoms with Crippen molar-refractivity contribution in [3.63, 3.8) is 0 Å². The number of nitrogens with one attached hydrogen (secondary N) is 1. The molecule has 0 spiro atoms. The molecule has 2 N–H and O–H groups in total. The minimum atomic E-state index is -0.127. The third-order valence-corrected chi connectivity index (χ3v) is 3.18. The Bertz CT molecular complexity index is 304. The van der Waals surface area contributed by atoms with Crippen LogP contribution in [0.5, 0.6) is 0 Å². The van der Waals surface area contributed by atoms with E-state index in [9.17, 15) is 5.11 Å². The molecule has 2 atom stereocenters. The van der Waals surface area contributed by atoms with E-state index in [1.54, 1.807) is 12.4 Å².